The second-order valence-corrected chi connectivity index (χ2v) is 9.30. The number of carbonyl (C=O) groups excluding carboxylic acids is 1. The Morgan fingerprint density at radius 3 is 2.27 bits per heavy atom. The van der Waals surface area contributed by atoms with E-state index in [1.54, 1.807) is 0 Å². The zero-order valence-corrected chi connectivity index (χ0v) is 20.8. The van der Waals surface area contributed by atoms with Gasteiger partial charge in [0.15, 0.2) is 23.6 Å². The second kappa shape index (κ2) is 12.5. The number of carbonyl (C=O) groups is 1. The van der Waals surface area contributed by atoms with Crippen molar-refractivity contribution in [2.75, 3.05) is 13.2 Å². The SMILES string of the molecule is O=C(/C=C/c1ccc(O)c(O)c1)c1ccc(O[C@H]2O[C@H](CO)[C@H](O[C@@H]3OC[C@@H](O)[C@@H](O)[C@@H]3O)[C@H](O)[C@H]2O)cc1O. The van der Waals surface area contributed by atoms with Gasteiger partial charge in [-0.25, -0.2) is 0 Å². The van der Waals surface area contributed by atoms with Crippen LogP contribution in [0, 0.1) is 0 Å². The van der Waals surface area contributed by atoms with Crippen LogP contribution in [0.4, 0.5) is 0 Å². The number of aromatic hydroxyl groups is 3. The monoisotopic (exact) mass is 566 g/mol. The number of ether oxygens (including phenoxy) is 4. The molecule has 40 heavy (non-hydrogen) atoms. The summed E-state index contributed by atoms with van der Waals surface area (Å²) in [6, 6.07) is 7.57. The Balaban J connectivity index is 1.41. The van der Waals surface area contributed by atoms with Crippen LogP contribution in [0.15, 0.2) is 42.5 Å². The van der Waals surface area contributed by atoms with E-state index in [1.807, 2.05) is 0 Å². The Morgan fingerprint density at radius 2 is 1.60 bits per heavy atom. The van der Waals surface area contributed by atoms with Gasteiger partial charge in [-0.2, -0.15) is 0 Å². The van der Waals surface area contributed by atoms with Crippen LogP contribution < -0.4 is 4.74 Å². The molecular weight excluding hydrogens is 536 g/mol. The van der Waals surface area contributed by atoms with Gasteiger partial charge in [0.2, 0.25) is 6.29 Å². The molecule has 4 rings (SSSR count). The number of phenolic OH excluding ortho intramolecular Hbond substituents is 3. The predicted octanol–water partition coefficient (Wildman–Crippen LogP) is -1.66. The molecule has 0 saturated carbocycles. The quantitative estimate of drug-likeness (QED) is 0.0988. The van der Waals surface area contributed by atoms with Crippen LogP contribution in [-0.2, 0) is 14.2 Å². The molecule has 14 heteroatoms. The van der Waals surface area contributed by atoms with Crippen molar-refractivity contribution in [2.24, 2.45) is 0 Å². The van der Waals surface area contributed by atoms with Gasteiger partial charge in [-0.3, -0.25) is 4.79 Å². The van der Waals surface area contributed by atoms with Crippen LogP contribution in [-0.4, -0.2) is 120 Å². The van der Waals surface area contributed by atoms with Crippen molar-refractivity contribution in [1.82, 2.24) is 0 Å². The smallest absolute Gasteiger partial charge is 0.229 e. The summed E-state index contributed by atoms with van der Waals surface area (Å²) in [7, 11) is 0. The third-order valence-corrected chi connectivity index (χ3v) is 6.48. The van der Waals surface area contributed by atoms with Crippen LogP contribution in [0.1, 0.15) is 15.9 Å². The van der Waals surface area contributed by atoms with Crippen LogP contribution in [0.3, 0.4) is 0 Å². The van der Waals surface area contributed by atoms with Gasteiger partial charge in [0.1, 0.15) is 54.2 Å². The first-order valence-electron chi connectivity index (χ1n) is 12.2. The lowest BCUT2D eigenvalue weighted by Crippen LogP contribution is -2.63. The van der Waals surface area contributed by atoms with Gasteiger partial charge in [-0.1, -0.05) is 12.1 Å². The van der Waals surface area contributed by atoms with Crippen LogP contribution in [0.5, 0.6) is 23.0 Å². The number of aliphatic hydroxyl groups excluding tert-OH is 6. The Labute approximate surface area is 227 Å². The zero-order valence-electron chi connectivity index (χ0n) is 20.8. The maximum atomic E-state index is 12.5. The summed E-state index contributed by atoms with van der Waals surface area (Å²) in [5.74, 6) is -1.81. The maximum Gasteiger partial charge on any atom is 0.229 e. The lowest BCUT2D eigenvalue weighted by molar-refractivity contribution is -0.339. The summed E-state index contributed by atoms with van der Waals surface area (Å²) in [5.41, 5.74) is 0.320. The van der Waals surface area contributed by atoms with Gasteiger partial charge in [-0.15, -0.1) is 0 Å². The average Bonchev–Trinajstić information content (AvgIpc) is 2.93. The summed E-state index contributed by atoms with van der Waals surface area (Å²) in [6.45, 7) is -1.09. The van der Waals surface area contributed by atoms with E-state index < -0.39 is 73.4 Å². The summed E-state index contributed by atoms with van der Waals surface area (Å²) in [5, 5.41) is 89.8. The van der Waals surface area contributed by atoms with Gasteiger partial charge >= 0.3 is 0 Å². The van der Waals surface area contributed by atoms with Crippen molar-refractivity contribution in [3.8, 4) is 23.0 Å². The summed E-state index contributed by atoms with van der Waals surface area (Å²) >= 11 is 0. The molecule has 0 spiro atoms. The summed E-state index contributed by atoms with van der Waals surface area (Å²) < 4.78 is 21.7. The standard InChI is InChI=1S/C26H30O14/c27-9-19-24(40-25-22(35)20(33)18(32)10-37-25)21(34)23(36)26(39-19)38-12-3-4-13(16(30)8-12)14(28)5-1-11-2-6-15(29)17(31)7-11/h1-8,18-27,29-36H,9-10H2/b5-1+/t18-,19-,20-,21-,22+,23-,24+,25+,26+/m1/s1. The molecule has 2 aromatic rings. The highest BCUT2D eigenvalue weighted by Gasteiger charge is 2.49. The molecule has 2 aliphatic heterocycles. The van der Waals surface area contributed by atoms with E-state index in [2.05, 4.69) is 0 Å². The molecule has 2 saturated heterocycles. The maximum absolute atomic E-state index is 12.5. The topological polar surface area (TPSA) is 236 Å². The molecule has 2 fully saturated rings. The fraction of sp³-hybridized carbons (Fsp3) is 0.423. The molecule has 0 radical (unpaired) electrons. The van der Waals surface area contributed by atoms with Crippen molar-refractivity contribution in [3.63, 3.8) is 0 Å². The van der Waals surface area contributed by atoms with E-state index in [9.17, 15) is 50.8 Å². The molecule has 2 aliphatic rings. The molecule has 14 nitrogen and oxygen atoms in total. The van der Waals surface area contributed by atoms with E-state index in [-0.39, 0.29) is 29.4 Å². The van der Waals surface area contributed by atoms with Gasteiger partial charge in [0.05, 0.1) is 18.8 Å². The molecule has 9 atom stereocenters. The molecule has 0 aliphatic carbocycles. The van der Waals surface area contributed by atoms with Gasteiger partial charge in [-0.05, 0) is 35.9 Å². The van der Waals surface area contributed by atoms with E-state index in [0.717, 1.165) is 12.1 Å². The van der Waals surface area contributed by atoms with Gasteiger partial charge < -0.3 is 64.9 Å². The highest BCUT2D eigenvalue weighted by atomic mass is 16.7. The molecule has 2 aromatic carbocycles. The number of aliphatic hydroxyl groups is 6. The molecule has 0 amide bonds. The number of benzene rings is 2. The first kappa shape index (κ1) is 29.7. The molecule has 0 bridgehead atoms. The third-order valence-electron chi connectivity index (χ3n) is 6.48. The van der Waals surface area contributed by atoms with Crippen molar-refractivity contribution in [1.29, 1.82) is 0 Å². The lowest BCUT2D eigenvalue weighted by atomic mass is 9.98. The fourth-order valence-electron chi connectivity index (χ4n) is 4.20. The Bertz CT molecular complexity index is 1220. The number of phenols is 3. The number of hydrogen-bond donors (Lipinski definition) is 9. The van der Waals surface area contributed by atoms with Gasteiger partial charge in [0.25, 0.3) is 0 Å². The lowest BCUT2D eigenvalue weighted by Gasteiger charge is -2.44. The van der Waals surface area contributed by atoms with Crippen molar-refractivity contribution < 1.29 is 69.7 Å². The molecule has 0 aromatic heterocycles. The summed E-state index contributed by atoms with van der Waals surface area (Å²) in [6.07, 6.45) is -11.4. The van der Waals surface area contributed by atoms with E-state index in [1.165, 1.54) is 36.4 Å². The second-order valence-electron chi connectivity index (χ2n) is 9.30. The molecule has 2 heterocycles. The van der Waals surface area contributed by atoms with Crippen LogP contribution >= 0.6 is 0 Å². The number of allylic oxidation sites excluding steroid dienone is 1. The van der Waals surface area contributed by atoms with Crippen molar-refractivity contribution >= 4 is 11.9 Å². The molecule has 218 valence electrons. The van der Waals surface area contributed by atoms with Crippen molar-refractivity contribution in [3.05, 3.63) is 53.6 Å². The Kier molecular flexibility index (Phi) is 9.25. The first-order chi connectivity index (χ1) is 19.0. The van der Waals surface area contributed by atoms with Crippen molar-refractivity contribution in [2.45, 2.75) is 55.3 Å². The third kappa shape index (κ3) is 6.36. The van der Waals surface area contributed by atoms with Gasteiger partial charge in [0, 0.05) is 6.07 Å². The number of hydrogen-bond acceptors (Lipinski definition) is 14. The molecule has 9 N–H and O–H groups in total. The average molecular weight is 567 g/mol. The van der Waals surface area contributed by atoms with E-state index in [4.69, 9.17) is 18.9 Å². The van der Waals surface area contributed by atoms with E-state index >= 15 is 0 Å². The molecule has 0 unspecified atom stereocenters. The Hall–Kier alpha value is -3.31. The van der Waals surface area contributed by atoms with Crippen LogP contribution in [0.2, 0.25) is 0 Å². The number of rotatable bonds is 8. The minimum absolute atomic E-state index is 0.0584. The first-order valence-corrected chi connectivity index (χ1v) is 12.2. The number of ketones is 1. The Morgan fingerprint density at radius 1 is 0.875 bits per heavy atom. The van der Waals surface area contributed by atoms with E-state index in [0.29, 0.717) is 5.56 Å². The minimum Gasteiger partial charge on any atom is -0.507 e. The minimum atomic E-state index is -1.75. The fourth-order valence-corrected chi connectivity index (χ4v) is 4.20. The zero-order chi connectivity index (χ0) is 29.1. The summed E-state index contributed by atoms with van der Waals surface area (Å²) in [4.78, 5) is 12.5. The predicted molar refractivity (Wildman–Crippen MR) is 132 cm³/mol. The molecular formula is C26H30O14. The largest absolute Gasteiger partial charge is 0.507 e. The highest BCUT2D eigenvalue weighted by molar-refractivity contribution is 6.08. The highest BCUT2D eigenvalue weighted by Crippen LogP contribution is 2.31. The van der Waals surface area contributed by atoms with Crippen LogP contribution in [0.25, 0.3) is 6.08 Å². The normalized spacial score (nSPS) is 32.7.